The van der Waals surface area contributed by atoms with Gasteiger partial charge in [0, 0.05) is 6.54 Å². The molecule has 0 spiro atoms. The zero-order chi connectivity index (χ0) is 13.0. The lowest BCUT2D eigenvalue weighted by molar-refractivity contribution is -0.129. The van der Waals surface area contributed by atoms with Crippen molar-refractivity contribution in [2.45, 2.75) is 32.0 Å². The van der Waals surface area contributed by atoms with Crippen LogP contribution in [0.25, 0.3) is 0 Å². The van der Waals surface area contributed by atoms with Gasteiger partial charge in [0.1, 0.15) is 6.17 Å². The van der Waals surface area contributed by atoms with E-state index in [0.717, 1.165) is 13.0 Å². The summed E-state index contributed by atoms with van der Waals surface area (Å²) in [7, 11) is 0. The molecule has 0 aliphatic carbocycles. The SMILES string of the molecule is CSCCCCN1C(=O)C(C)NC1c1ccsc1. The van der Waals surface area contributed by atoms with Crippen LogP contribution in [0, 0.1) is 0 Å². The Balaban J connectivity index is 1.97. The minimum absolute atomic E-state index is 0.0598. The van der Waals surface area contributed by atoms with Crippen LogP contribution in [0.5, 0.6) is 0 Å². The third kappa shape index (κ3) is 3.08. The highest BCUT2D eigenvalue weighted by Gasteiger charge is 2.36. The number of amides is 1. The quantitative estimate of drug-likeness (QED) is 0.815. The summed E-state index contributed by atoms with van der Waals surface area (Å²) >= 11 is 3.55. The van der Waals surface area contributed by atoms with Crippen LogP contribution < -0.4 is 5.32 Å². The molecular formula is C13H20N2OS2. The number of carbonyl (C=O) groups is 1. The van der Waals surface area contributed by atoms with Gasteiger partial charge in [0.25, 0.3) is 0 Å². The average Bonchev–Trinajstić information content (AvgIpc) is 2.97. The monoisotopic (exact) mass is 284 g/mol. The Labute approximate surface area is 117 Å². The number of nitrogens with one attached hydrogen (secondary N) is 1. The summed E-state index contributed by atoms with van der Waals surface area (Å²) in [6, 6.07) is 2.04. The summed E-state index contributed by atoms with van der Waals surface area (Å²) < 4.78 is 0. The lowest BCUT2D eigenvalue weighted by Crippen LogP contribution is -2.31. The van der Waals surface area contributed by atoms with E-state index in [4.69, 9.17) is 0 Å². The number of thioether (sulfide) groups is 1. The first-order chi connectivity index (χ1) is 8.74. The van der Waals surface area contributed by atoms with Crippen molar-refractivity contribution in [3.8, 4) is 0 Å². The predicted molar refractivity (Wildman–Crippen MR) is 79.0 cm³/mol. The first kappa shape index (κ1) is 13.9. The maximum atomic E-state index is 12.1. The Hall–Kier alpha value is -0.520. The molecule has 0 aromatic carbocycles. The van der Waals surface area contributed by atoms with Crippen LogP contribution >= 0.6 is 23.1 Å². The zero-order valence-corrected chi connectivity index (χ0v) is 12.5. The normalized spacial score (nSPS) is 23.9. The molecule has 0 bridgehead atoms. The third-order valence-electron chi connectivity index (χ3n) is 3.23. The molecule has 100 valence electrons. The average molecular weight is 284 g/mol. The Morgan fingerprint density at radius 2 is 2.33 bits per heavy atom. The molecule has 1 N–H and O–H groups in total. The second-order valence-electron chi connectivity index (χ2n) is 4.58. The van der Waals surface area contributed by atoms with Crippen LogP contribution in [-0.2, 0) is 4.79 Å². The Morgan fingerprint density at radius 1 is 1.50 bits per heavy atom. The minimum atomic E-state index is -0.0598. The summed E-state index contributed by atoms with van der Waals surface area (Å²) in [4.78, 5) is 14.1. The first-order valence-corrected chi connectivity index (χ1v) is 8.65. The molecule has 2 atom stereocenters. The van der Waals surface area contributed by atoms with Gasteiger partial charge in [0.2, 0.25) is 5.91 Å². The summed E-state index contributed by atoms with van der Waals surface area (Å²) in [6.07, 6.45) is 4.46. The van der Waals surface area contributed by atoms with Crippen molar-refractivity contribution in [3.63, 3.8) is 0 Å². The molecule has 1 fully saturated rings. The molecule has 0 radical (unpaired) electrons. The highest BCUT2D eigenvalue weighted by molar-refractivity contribution is 7.98. The predicted octanol–water partition coefficient (Wildman–Crippen LogP) is 2.71. The van der Waals surface area contributed by atoms with Crippen LogP contribution in [0.4, 0.5) is 0 Å². The highest BCUT2D eigenvalue weighted by atomic mass is 32.2. The van der Waals surface area contributed by atoms with Crippen molar-refractivity contribution in [3.05, 3.63) is 22.4 Å². The van der Waals surface area contributed by atoms with Crippen molar-refractivity contribution in [1.29, 1.82) is 0 Å². The molecule has 1 saturated heterocycles. The zero-order valence-electron chi connectivity index (χ0n) is 10.9. The van der Waals surface area contributed by atoms with E-state index in [9.17, 15) is 4.79 Å². The van der Waals surface area contributed by atoms with E-state index in [1.165, 1.54) is 17.7 Å². The van der Waals surface area contributed by atoms with Gasteiger partial charge in [-0.15, -0.1) is 0 Å². The van der Waals surface area contributed by atoms with Crippen LogP contribution in [0.15, 0.2) is 16.8 Å². The smallest absolute Gasteiger partial charge is 0.241 e. The van der Waals surface area contributed by atoms with Crippen LogP contribution in [0.3, 0.4) is 0 Å². The van der Waals surface area contributed by atoms with Crippen LogP contribution in [0.1, 0.15) is 31.5 Å². The Morgan fingerprint density at radius 3 is 3.00 bits per heavy atom. The molecule has 5 heteroatoms. The number of thiophene rings is 1. The van der Waals surface area contributed by atoms with E-state index in [1.807, 2.05) is 23.6 Å². The van der Waals surface area contributed by atoms with Gasteiger partial charge in [-0.05, 0) is 54.2 Å². The van der Waals surface area contributed by atoms with E-state index >= 15 is 0 Å². The van der Waals surface area contributed by atoms with Gasteiger partial charge in [-0.25, -0.2) is 0 Å². The first-order valence-electron chi connectivity index (χ1n) is 6.31. The number of hydrogen-bond donors (Lipinski definition) is 1. The molecule has 1 aromatic heterocycles. The van der Waals surface area contributed by atoms with Crippen LogP contribution in [0.2, 0.25) is 0 Å². The second kappa shape index (κ2) is 6.59. The van der Waals surface area contributed by atoms with E-state index < -0.39 is 0 Å². The molecule has 3 nitrogen and oxygen atoms in total. The number of carbonyl (C=O) groups excluding carboxylic acids is 1. The molecule has 2 rings (SSSR count). The molecule has 18 heavy (non-hydrogen) atoms. The molecule has 1 aromatic rings. The van der Waals surface area contributed by atoms with Crippen LogP contribution in [-0.4, -0.2) is 35.4 Å². The van der Waals surface area contributed by atoms with Crippen molar-refractivity contribution in [2.75, 3.05) is 18.6 Å². The number of unbranched alkanes of at least 4 members (excludes halogenated alkanes) is 1. The van der Waals surface area contributed by atoms with Gasteiger partial charge in [0.05, 0.1) is 6.04 Å². The van der Waals surface area contributed by atoms with Crippen molar-refractivity contribution in [1.82, 2.24) is 10.2 Å². The molecule has 2 heterocycles. The topological polar surface area (TPSA) is 32.3 Å². The molecule has 0 saturated carbocycles. The summed E-state index contributed by atoms with van der Waals surface area (Å²) in [5, 5.41) is 7.56. The Kier molecular flexibility index (Phi) is 5.09. The molecule has 1 amide bonds. The fourth-order valence-corrected chi connectivity index (χ4v) is 3.42. The second-order valence-corrected chi connectivity index (χ2v) is 6.34. The van der Waals surface area contributed by atoms with E-state index in [-0.39, 0.29) is 18.1 Å². The lowest BCUT2D eigenvalue weighted by atomic mass is 10.2. The number of nitrogens with zero attached hydrogens (tertiary/aromatic N) is 1. The third-order valence-corrected chi connectivity index (χ3v) is 4.63. The largest absolute Gasteiger partial charge is 0.322 e. The molecular weight excluding hydrogens is 264 g/mol. The molecule has 1 aliphatic rings. The van der Waals surface area contributed by atoms with Crippen molar-refractivity contribution >= 4 is 29.0 Å². The van der Waals surface area contributed by atoms with Gasteiger partial charge in [-0.1, -0.05) is 0 Å². The van der Waals surface area contributed by atoms with Crippen molar-refractivity contribution in [2.24, 2.45) is 0 Å². The number of rotatable bonds is 6. The van der Waals surface area contributed by atoms with E-state index in [2.05, 4.69) is 28.4 Å². The highest BCUT2D eigenvalue weighted by Crippen LogP contribution is 2.27. The number of hydrogen-bond acceptors (Lipinski definition) is 4. The Bertz CT molecular complexity index is 380. The van der Waals surface area contributed by atoms with Gasteiger partial charge < -0.3 is 4.90 Å². The maximum absolute atomic E-state index is 12.1. The lowest BCUT2D eigenvalue weighted by Gasteiger charge is -2.23. The summed E-state index contributed by atoms with van der Waals surface area (Å²) in [5.41, 5.74) is 1.21. The fraction of sp³-hybridized carbons (Fsp3) is 0.615. The summed E-state index contributed by atoms with van der Waals surface area (Å²) in [6.45, 7) is 2.81. The minimum Gasteiger partial charge on any atom is -0.322 e. The maximum Gasteiger partial charge on any atom is 0.241 e. The van der Waals surface area contributed by atoms with E-state index in [0.29, 0.717) is 0 Å². The van der Waals surface area contributed by atoms with Crippen molar-refractivity contribution < 1.29 is 4.79 Å². The standard InChI is InChI=1S/C13H20N2OS2/c1-10-13(16)15(6-3-4-7-17-2)12(14-10)11-5-8-18-9-11/h5,8-10,12,14H,3-4,6-7H2,1-2H3. The summed E-state index contributed by atoms with van der Waals surface area (Å²) in [5.74, 6) is 1.41. The van der Waals surface area contributed by atoms with Gasteiger partial charge in [-0.3, -0.25) is 10.1 Å². The van der Waals surface area contributed by atoms with E-state index in [1.54, 1.807) is 11.3 Å². The fourth-order valence-electron chi connectivity index (χ4n) is 2.25. The molecule has 1 aliphatic heterocycles. The van der Waals surface area contributed by atoms with Gasteiger partial charge >= 0.3 is 0 Å². The van der Waals surface area contributed by atoms with Gasteiger partial charge in [-0.2, -0.15) is 23.1 Å². The van der Waals surface area contributed by atoms with Gasteiger partial charge in [0.15, 0.2) is 0 Å². The molecule has 2 unspecified atom stereocenters.